The van der Waals surface area contributed by atoms with Crippen molar-refractivity contribution >= 4 is 5.97 Å². The predicted molar refractivity (Wildman–Crippen MR) is 124 cm³/mol. The number of carboxylic acids is 1. The van der Waals surface area contributed by atoms with Gasteiger partial charge in [0, 0.05) is 17.7 Å². The molecular formula is C25H30N2O5. The van der Waals surface area contributed by atoms with Gasteiger partial charge in [-0.15, -0.1) is 0 Å². The zero-order valence-corrected chi connectivity index (χ0v) is 19.2. The molecule has 0 bridgehead atoms. The minimum atomic E-state index is -0.996. The Labute approximate surface area is 188 Å². The monoisotopic (exact) mass is 438 g/mol. The summed E-state index contributed by atoms with van der Waals surface area (Å²) >= 11 is 0. The zero-order valence-electron chi connectivity index (χ0n) is 19.2. The Bertz CT molecular complexity index is 1090. The Morgan fingerprint density at radius 3 is 2.47 bits per heavy atom. The van der Waals surface area contributed by atoms with E-state index < -0.39 is 5.97 Å². The number of aromatic nitrogens is 2. The highest BCUT2D eigenvalue weighted by Gasteiger charge is 2.21. The number of rotatable bonds is 10. The molecule has 0 atom stereocenters. The molecule has 7 nitrogen and oxygen atoms in total. The van der Waals surface area contributed by atoms with Gasteiger partial charge in [0.15, 0.2) is 11.5 Å². The molecule has 0 aliphatic rings. The van der Waals surface area contributed by atoms with Gasteiger partial charge in [-0.25, -0.2) is 4.79 Å². The van der Waals surface area contributed by atoms with Crippen LogP contribution >= 0.6 is 0 Å². The van der Waals surface area contributed by atoms with Gasteiger partial charge in [0.25, 0.3) is 0 Å². The molecule has 7 heteroatoms. The van der Waals surface area contributed by atoms with Crippen LogP contribution in [0.2, 0.25) is 0 Å². The Kier molecular flexibility index (Phi) is 7.41. The van der Waals surface area contributed by atoms with E-state index in [0.717, 1.165) is 17.7 Å². The first-order chi connectivity index (χ1) is 15.4. The van der Waals surface area contributed by atoms with Crippen molar-refractivity contribution in [3.05, 3.63) is 48.0 Å². The molecule has 0 spiro atoms. The van der Waals surface area contributed by atoms with Crippen LogP contribution in [0.5, 0.6) is 17.2 Å². The van der Waals surface area contributed by atoms with Crippen molar-refractivity contribution in [2.24, 2.45) is 5.92 Å². The lowest BCUT2D eigenvalue weighted by atomic mass is 10.0. The SMILES string of the molecule is CCCOc1ccc(C(=O)O)cc1-c1cc(-c2cccc(OC)c2OC)n(CC(C)C)n1. The van der Waals surface area contributed by atoms with E-state index in [1.165, 1.54) is 0 Å². The number of para-hydroxylation sites is 1. The zero-order chi connectivity index (χ0) is 23.3. The average molecular weight is 439 g/mol. The van der Waals surface area contributed by atoms with Crippen LogP contribution in [0.25, 0.3) is 22.5 Å². The minimum Gasteiger partial charge on any atom is -0.493 e. The van der Waals surface area contributed by atoms with Gasteiger partial charge in [-0.2, -0.15) is 5.10 Å². The molecule has 2 aromatic carbocycles. The molecule has 0 saturated carbocycles. The number of hydrogen-bond donors (Lipinski definition) is 1. The van der Waals surface area contributed by atoms with Crippen LogP contribution in [0.3, 0.4) is 0 Å². The molecule has 0 aliphatic heterocycles. The predicted octanol–water partition coefficient (Wildman–Crippen LogP) is 5.38. The molecule has 0 saturated heterocycles. The van der Waals surface area contributed by atoms with Crippen LogP contribution in [0.15, 0.2) is 42.5 Å². The van der Waals surface area contributed by atoms with Crippen molar-refractivity contribution in [2.75, 3.05) is 20.8 Å². The van der Waals surface area contributed by atoms with Crippen LogP contribution in [-0.2, 0) is 6.54 Å². The fourth-order valence-corrected chi connectivity index (χ4v) is 3.54. The summed E-state index contributed by atoms with van der Waals surface area (Å²) in [6, 6.07) is 12.5. The van der Waals surface area contributed by atoms with Crippen molar-refractivity contribution < 1.29 is 24.1 Å². The number of aromatic carboxylic acids is 1. The first kappa shape index (κ1) is 23.2. The van der Waals surface area contributed by atoms with Gasteiger partial charge in [-0.05, 0) is 48.7 Å². The number of hydrogen-bond acceptors (Lipinski definition) is 5. The molecule has 1 aromatic heterocycles. The highest BCUT2D eigenvalue weighted by molar-refractivity contribution is 5.90. The maximum Gasteiger partial charge on any atom is 0.335 e. The average Bonchev–Trinajstić information content (AvgIpc) is 3.19. The molecule has 0 fully saturated rings. The van der Waals surface area contributed by atoms with Crippen LogP contribution in [0.4, 0.5) is 0 Å². The summed E-state index contributed by atoms with van der Waals surface area (Å²) in [5, 5.41) is 14.4. The Morgan fingerprint density at radius 1 is 1.06 bits per heavy atom. The third-order valence-corrected chi connectivity index (χ3v) is 4.96. The lowest BCUT2D eigenvalue weighted by molar-refractivity contribution is 0.0697. The first-order valence-electron chi connectivity index (χ1n) is 10.7. The third-order valence-electron chi connectivity index (χ3n) is 4.96. The van der Waals surface area contributed by atoms with Crippen LogP contribution in [-0.4, -0.2) is 41.7 Å². The molecule has 170 valence electrons. The number of benzene rings is 2. The lowest BCUT2D eigenvalue weighted by Gasteiger charge is -2.14. The molecule has 0 radical (unpaired) electrons. The number of methoxy groups -OCH3 is 2. The topological polar surface area (TPSA) is 82.8 Å². The van der Waals surface area contributed by atoms with Gasteiger partial charge in [0.1, 0.15) is 5.75 Å². The molecule has 32 heavy (non-hydrogen) atoms. The highest BCUT2D eigenvalue weighted by Crippen LogP contribution is 2.40. The first-order valence-corrected chi connectivity index (χ1v) is 10.7. The van der Waals surface area contributed by atoms with Gasteiger partial charge < -0.3 is 19.3 Å². The lowest BCUT2D eigenvalue weighted by Crippen LogP contribution is -2.08. The normalized spacial score (nSPS) is 10.9. The molecular weight excluding hydrogens is 408 g/mol. The van der Waals surface area contributed by atoms with Crippen molar-refractivity contribution in [1.82, 2.24) is 9.78 Å². The largest absolute Gasteiger partial charge is 0.493 e. The van der Waals surface area contributed by atoms with Gasteiger partial charge in [-0.1, -0.05) is 26.8 Å². The van der Waals surface area contributed by atoms with E-state index in [0.29, 0.717) is 47.6 Å². The van der Waals surface area contributed by atoms with E-state index in [2.05, 4.69) is 13.8 Å². The molecule has 3 aromatic rings. The van der Waals surface area contributed by atoms with E-state index in [1.807, 2.05) is 35.9 Å². The van der Waals surface area contributed by atoms with Crippen molar-refractivity contribution in [2.45, 2.75) is 33.7 Å². The number of ether oxygens (including phenoxy) is 3. The second-order valence-electron chi connectivity index (χ2n) is 7.90. The smallest absolute Gasteiger partial charge is 0.335 e. The van der Waals surface area contributed by atoms with E-state index in [4.69, 9.17) is 19.3 Å². The van der Waals surface area contributed by atoms with Gasteiger partial charge in [-0.3, -0.25) is 4.68 Å². The summed E-state index contributed by atoms with van der Waals surface area (Å²) in [6.07, 6.45) is 0.841. The summed E-state index contributed by atoms with van der Waals surface area (Å²) in [6.45, 7) is 7.47. The van der Waals surface area contributed by atoms with Crippen LogP contribution in [0.1, 0.15) is 37.6 Å². The maximum absolute atomic E-state index is 11.6. The number of nitrogens with zero attached hydrogens (tertiary/aromatic N) is 2. The molecule has 3 rings (SSSR count). The second kappa shape index (κ2) is 10.2. The van der Waals surface area contributed by atoms with E-state index in [1.54, 1.807) is 32.4 Å². The Balaban J connectivity index is 2.22. The number of carboxylic acid groups (broad SMARTS) is 1. The molecule has 0 amide bonds. The van der Waals surface area contributed by atoms with Gasteiger partial charge in [0.2, 0.25) is 0 Å². The van der Waals surface area contributed by atoms with Crippen molar-refractivity contribution in [3.63, 3.8) is 0 Å². The van der Waals surface area contributed by atoms with Crippen LogP contribution in [0, 0.1) is 5.92 Å². The van der Waals surface area contributed by atoms with Gasteiger partial charge in [0.05, 0.1) is 37.8 Å². The van der Waals surface area contributed by atoms with Crippen molar-refractivity contribution in [3.8, 4) is 39.8 Å². The Morgan fingerprint density at radius 2 is 1.84 bits per heavy atom. The fraction of sp³-hybridized carbons (Fsp3) is 0.360. The number of carbonyl (C=O) groups is 1. The maximum atomic E-state index is 11.6. The summed E-state index contributed by atoms with van der Waals surface area (Å²) in [7, 11) is 3.21. The van der Waals surface area contributed by atoms with E-state index in [9.17, 15) is 9.90 Å². The second-order valence-corrected chi connectivity index (χ2v) is 7.90. The summed E-state index contributed by atoms with van der Waals surface area (Å²) < 4.78 is 19.0. The highest BCUT2D eigenvalue weighted by atomic mass is 16.5. The fourth-order valence-electron chi connectivity index (χ4n) is 3.54. The molecule has 0 unspecified atom stereocenters. The van der Waals surface area contributed by atoms with Gasteiger partial charge >= 0.3 is 5.97 Å². The molecule has 1 heterocycles. The third kappa shape index (κ3) is 4.88. The Hall–Kier alpha value is -3.48. The van der Waals surface area contributed by atoms with E-state index >= 15 is 0 Å². The quantitative estimate of drug-likeness (QED) is 0.458. The minimum absolute atomic E-state index is 0.183. The standard InChI is InChI=1S/C25H30N2O5/c1-6-12-32-22-11-10-17(25(28)29)13-19(22)20-14-21(27(26-20)15-16(2)3)18-8-7-9-23(30-4)24(18)31-5/h7-11,13-14,16H,6,12,15H2,1-5H3,(H,28,29). The molecule has 1 N–H and O–H groups in total. The summed E-state index contributed by atoms with van der Waals surface area (Å²) in [5.41, 5.74) is 3.16. The van der Waals surface area contributed by atoms with Crippen molar-refractivity contribution in [1.29, 1.82) is 0 Å². The summed E-state index contributed by atoms with van der Waals surface area (Å²) in [4.78, 5) is 11.6. The molecule has 0 aliphatic carbocycles. The van der Waals surface area contributed by atoms with Crippen LogP contribution < -0.4 is 14.2 Å². The van der Waals surface area contributed by atoms with E-state index in [-0.39, 0.29) is 5.56 Å². The summed E-state index contributed by atoms with van der Waals surface area (Å²) in [5.74, 6) is 1.20.